The van der Waals surface area contributed by atoms with Gasteiger partial charge in [0.2, 0.25) is 0 Å². The maximum Gasteiger partial charge on any atom is 0.358 e. The predicted molar refractivity (Wildman–Crippen MR) is 75.4 cm³/mol. The summed E-state index contributed by atoms with van der Waals surface area (Å²) >= 11 is 0. The van der Waals surface area contributed by atoms with Crippen LogP contribution in [0.4, 0.5) is 5.69 Å². The second-order valence-electron chi connectivity index (χ2n) is 5.19. The summed E-state index contributed by atoms with van der Waals surface area (Å²) in [4.78, 5) is 24.1. The molecule has 112 valence electrons. The molecule has 3 aliphatic heterocycles. The van der Waals surface area contributed by atoms with Gasteiger partial charge < -0.3 is 14.2 Å². The van der Waals surface area contributed by atoms with Crippen LogP contribution in [-0.2, 0) is 19.0 Å². The number of cyclic esters (lactones) is 1. The molecule has 0 fully saturated rings. The smallest absolute Gasteiger partial charge is 0.358 e. The van der Waals surface area contributed by atoms with Gasteiger partial charge in [0.1, 0.15) is 6.61 Å². The molecule has 4 rings (SSSR count). The molecule has 2 atom stereocenters. The highest BCUT2D eigenvalue weighted by atomic mass is 16.5. The van der Waals surface area contributed by atoms with Crippen molar-refractivity contribution >= 4 is 23.3 Å². The summed E-state index contributed by atoms with van der Waals surface area (Å²) in [5.74, 6) is -0.988. The molecular weight excluding hydrogens is 288 g/mol. The Bertz CT molecular complexity index is 741. The number of carbonyl (C=O) groups is 2. The maximum absolute atomic E-state index is 12.1. The van der Waals surface area contributed by atoms with Crippen LogP contribution in [0.1, 0.15) is 10.4 Å². The molecule has 1 spiro atoms. The van der Waals surface area contributed by atoms with Gasteiger partial charge in [0, 0.05) is 0 Å². The van der Waals surface area contributed by atoms with E-state index in [9.17, 15) is 9.59 Å². The molecule has 3 heterocycles. The zero-order valence-electron chi connectivity index (χ0n) is 11.7. The van der Waals surface area contributed by atoms with Gasteiger partial charge in [-0.15, -0.1) is 0 Å². The fourth-order valence-electron chi connectivity index (χ4n) is 2.98. The van der Waals surface area contributed by atoms with Crippen LogP contribution in [0.2, 0.25) is 0 Å². The number of para-hydroxylation sites is 1. The lowest BCUT2D eigenvalue weighted by atomic mass is 9.91. The van der Waals surface area contributed by atoms with Crippen molar-refractivity contribution in [1.29, 1.82) is 0 Å². The third kappa shape index (κ3) is 1.47. The summed E-state index contributed by atoms with van der Waals surface area (Å²) in [7, 11) is 1.29. The summed E-state index contributed by atoms with van der Waals surface area (Å²) < 4.78 is 15.7. The first kappa shape index (κ1) is 12.9. The number of hydrazone groups is 1. The summed E-state index contributed by atoms with van der Waals surface area (Å²) in [6.45, 7) is 0.0334. The van der Waals surface area contributed by atoms with E-state index in [1.165, 1.54) is 13.4 Å². The fourth-order valence-corrected chi connectivity index (χ4v) is 2.98. The number of hydrogen-bond acceptors (Lipinski definition) is 7. The standard InChI is InChI=1S/C15H12N2O5/c1-20-14(19)11-12-15(6-7-21-12)8-22-13(18)9-4-2-3-5-10(9)17(15)16-11/h2-7,12H,8H2,1H3/t12-,15+/m0/s1. The largest absolute Gasteiger partial charge is 0.489 e. The SMILES string of the molecule is COC(=O)C1=NN2c3ccccc3C(=O)OC[C@@]23C=CO[C@@H]13. The van der Waals surface area contributed by atoms with Gasteiger partial charge in [-0.25, -0.2) is 14.6 Å². The molecule has 1 aromatic carbocycles. The molecule has 0 aromatic heterocycles. The average molecular weight is 300 g/mol. The minimum atomic E-state index is -0.855. The highest BCUT2D eigenvalue weighted by molar-refractivity contribution is 6.40. The van der Waals surface area contributed by atoms with E-state index < -0.39 is 23.6 Å². The molecule has 0 bridgehead atoms. The van der Waals surface area contributed by atoms with E-state index in [4.69, 9.17) is 14.2 Å². The van der Waals surface area contributed by atoms with Gasteiger partial charge in [-0.05, 0) is 18.2 Å². The Balaban J connectivity index is 1.92. The van der Waals surface area contributed by atoms with Crippen LogP contribution in [-0.4, -0.2) is 43.0 Å². The number of methoxy groups -OCH3 is 1. The van der Waals surface area contributed by atoms with Crippen molar-refractivity contribution in [3.63, 3.8) is 0 Å². The average Bonchev–Trinajstić information content (AvgIpc) is 3.06. The number of anilines is 1. The molecule has 0 amide bonds. The van der Waals surface area contributed by atoms with Crippen LogP contribution in [0, 0.1) is 0 Å². The normalized spacial score (nSPS) is 27.9. The molecule has 1 aromatic rings. The van der Waals surface area contributed by atoms with E-state index in [2.05, 4.69) is 5.10 Å². The Labute approximate surface area is 125 Å². The van der Waals surface area contributed by atoms with Crippen molar-refractivity contribution in [3.05, 3.63) is 42.2 Å². The van der Waals surface area contributed by atoms with Gasteiger partial charge in [0.25, 0.3) is 0 Å². The van der Waals surface area contributed by atoms with Crippen LogP contribution in [0.3, 0.4) is 0 Å². The zero-order valence-corrected chi connectivity index (χ0v) is 11.7. The number of nitrogens with zero attached hydrogens (tertiary/aromatic N) is 2. The summed E-state index contributed by atoms with van der Waals surface area (Å²) in [6, 6.07) is 6.97. The number of hydrogen-bond donors (Lipinski definition) is 0. The van der Waals surface area contributed by atoms with Gasteiger partial charge in [-0.3, -0.25) is 0 Å². The molecule has 7 heteroatoms. The summed E-state index contributed by atoms with van der Waals surface area (Å²) in [5, 5.41) is 5.98. The summed E-state index contributed by atoms with van der Waals surface area (Å²) in [5.41, 5.74) is 0.267. The van der Waals surface area contributed by atoms with Crippen molar-refractivity contribution in [2.24, 2.45) is 5.10 Å². The highest BCUT2D eigenvalue weighted by Gasteiger charge is 2.59. The van der Waals surface area contributed by atoms with Crippen molar-refractivity contribution in [1.82, 2.24) is 0 Å². The molecule has 0 saturated carbocycles. The molecule has 3 aliphatic rings. The number of ether oxygens (including phenoxy) is 3. The third-order valence-electron chi connectivity index (χ3n) is 4.06. The molecular formula is C15H12N2O5. The topological polar surface area (TPSA) is 77.4 Å². The van der Waals surface area contributed by atoms with E-state index in [0.29, 0.717) is 11.3 Å². The predicted octanol–water partition coefficient (Wildman–Crippen LogP) is 0.857. The molecule has 0 saturated heterocycles. The Morgan fingerprint density at radius 3 is 3.09 bits per heavy atom. The molecule has 0 radical (unpaired) electrons. The van der Waals surface area contributed by atoms with Gasteiger partial charge in [0.15, 0.2) is 17.4 Å². The van der Waals surface area contributed by atoms with E-state index in [-0.39, 0.29) is 12.3 Å². The van der Waals surface area contributed by atoms with Crippen LogP contribution >= 0.6 is 0 Å². The lowest BCUT2D eigenvalue weighted by Crippen LogP contribution is -2.53. The van der Waals surface area contributed by atoms with Crippen molar-refractivity contribution < 1.29 is 23.8 Å². The van der Waals surface area contributed by atoms with E-state index in [0.717, 1.165) is 0 Å². The maximum atomic E-state index is 12.1. The second-order valence-corrected chi connectivity index (χ2v) is 5.19. The fraction of sp³-hybridized carbons (Fsp3) is 0.267. The molecule has 0 unspecified atom stereocenters. The lowest BCUT2D eigenvalue weighted by Gasteiger charge is -2.32. The molecule has 22 heavy (non-hydrogen) atoms. The van der Waals surface area contributed by atoms with Gasteiger partial charge in [-0.2, -0.15) is 5.10 Å². The number of rotatable bonds is 1. The number of carbonyl (C=O) groups excluding carboxylic acids is 2. The third-order valence-corrected chi connectivity index (χ3v) is 4.06. The van der Waals surface area contributed by atoms with Crippen LogP contribution in [0.15, 0.2) is 41.7 Å². The van der Waals surface area contributed by atoms with E-state index in [1.54, 1.807) is 35.4 Å². The Morgan fingerprint density at radius 2 is 2.27 bits per heavy atom. The van der Waals surface area contributed by atoms with Crippen molar-refractivity contribution in [2.45, 2.75) is 11.6 Å². The molecule has 0 aliphatic carbocycles. The van der Waals surface area contributed by atoms with Crippen molar-refractivity contribution in [3.8, 4) is 0 Å². The van der Waals surface area contributed by atoms with Crippen LogP contribution in [0.25, 0.3) is 0 Å². The monoisotopic (exact) mass is 300 g/mol. The van der Waals surface area contributed by atoms with Gasteiger partial charge in [-0.1, -0.05) is 12.1 Å². The highest BCUT2D eigenvalue weighted by Crippen LogP contribution is 2.43. The van der Waals surface area contributed by atoms with Crippen LogP contribution < -0.4 is 5.01 Å². The first-order chi connectivity index (χ1) is 10.7. The van der Waals surface area contributed by atoms with Crippen molar-refractivity contribution in [2.75, 3.05) is 18.7 Å². The lowest BCUT2D eigenvalue weighted by molar-refractivity contribution is -0.133. The Kier molecular flexibility index (Phi) is 2.53. The van der Waals surface area contributed by atoms with Crippen LogP contribution in [0.5, 0.6) is 0 Å². The number of esters is 2. The molecule has 7 nitrogen and oxygen atoms in total. The van der Waals surface area contributed by atoms with E-state index in [1.807, 2.05) is 0 Å². The Hall–Kier alpha value is -2.83. The first-order valence-corrected chi connectivity index (χ1v) is 6.74. The molecule has 0 N–H and O–H groups in total. The van der Waals surface area contributed by atoms with Gasteiger partial charge in [0.05, 0.1) is 24.6 Å². The number of benzene rings is 1. The number of fused-ring (bicyclic) bond motifs is 2. The minimum Gasteiger partial charge on any atom is -0.489 e. The first-order valence-electron chi connectivity index (χ1n) is 6.74. The van der Waals surface area contributed by atoms with E-state index >= 15 is 0 Å². The van der Waals surface area contributed by atoms with Gasteiger partial charge >= 0.3 is 11.9 Å². The second kappa shape index (κ2) is 4.33. The minimum absolute atomic E-state index is 0.0334. The summed E-state index contributed by atoms with van der Waals surface area (Å²) in [6.07, 6.45) is 2.59. The Morgan fingerprint density at radius 1 is 1.45 bits per heavy atom. The quantitative estimate of drug-likeness (QED) is 0.716. The zero-order chi connectivity index (χ0) is 15.3.